The molecule has 0 aliphatic heterocycles. The summed E-state index contributed by atoms with van der Waals surface area (Å²) >= 11 is 0. The average molecular weight is 284 g/mol. The van der Waals surface area contributed by atoms with Gasteiger partial charge in [0.05, 0.1) is 0 Å². The van der Waals surface area contributed by atoms with Crippen LogP contribution in [0.15, 0.2) is 48.5 Å². The summed E-state index contributed by atoms with van der Waals surface area (Å²) in [4.78, 5) is 0. The van der Waals surface area contributed by atoms with Crippen LogP contribution in [0.25, 0.3) is 11.1 Å². The molecule has 0 fully saturated rings. The van der Waals surface area contributed by atoms with E-state index in [0.717, 1.165) is 8.58 Å². The first-order valence-corrected chi connectivity index (χ1v) is 8.35. The molecule has 0 bridgehead atoms. The van der Waals surface area contributed by atoms with Gasteiger partial charge in [-0.2, -0.15) is 0 Å². The van der Waals surface area contributed by atoms with Gasteiger partial charge in [0.1, 0.15) is 0 Å². The second-order valence-electron chi connectivity index (χ2n) is 6.66. The van der Waals surface area contributed by atoms with Crippen molar-refractivity contribution in [2.45, 2.75) is 45.7 Å². The van der Waals surface area contributed by atoms with Gasteiger partial charge < -0.3 is 0 Å². The van der Waals surface area contributed by atoms with Gasteiger partial charge in [-0.3, -0.25) is 0 Å². The highest BCUT2D eigenvalue weighted by Crippen LogP contribution is 2.36. The average Bonchev–Trinajstić information content (AvgIpc) is 2.37. The van der Waals surface area contributed by atoms with Gasteiger partial charge >= 0.3 is 0 Å². The Morgan fingerprint density at radius 2 is 1.50 bits per heavy atom. The lowest BCUT2D eigenvalue weighted by atomic mass is 9.92. The summed E-state index contributed by atoms with van der Waals surface area (Å²) in [7, 11) is 0.847. The van der Waals surface area contributed by atoms with Crippen LogP contribution in [0.3, 0.4) is 0 Å². The fraction of sp³-hybridized carbons (Fsp3) is 0.368. The van der Waals surface area contributed by atoms with E-state index in [9.17, 15) is 0 Å². The molecule has 0 nitrogen and oxygen atoms in total. The highest BCUT2D eigenvalue weighted by Gasteiger charge is 2.18. The van der Waals surface area contributed by atoms with Crippen molar-refractivity contribution in [3.05, 3.63) is 54.1 Å². The molecule has 0 saturated carbocycles. The molecule has 0 saturated heterocycles. The van der Waals surface area contributed by atoms with Crippen molar-refractivity contribution in [3.63, 3.8) is 0 Å². The number of hydrogen-bond donors (Lipinski definition) is 0. The van der Waals surface area contributed by atoms with Gasteiger partial charge in [-0.25, -0.2) is 0 Å². The van der Waals surface area contributed by atoms with Crippen LogP contribution in [-0.2, 0) is 0 Å². The molecule has 0 amide bonds. The zero-order valence-corrected chi connectivity index (χ0v) is 14.2. The van der Waals surface area contributed by atoms with Crippen molar-refractivity contribution >= 4 is 13.9 Å². The van der Waals surface area contributed by atoms with Crippen molar-refractivity contribution in [1.29, 1.82) is 0 Å². The second kappa shape index (κ2) is 6.10. The van der Waals surface area contributed by atoms with Crippen LogP contribution in [0.5, 0.6) is 0 Å². The Bertz CT molecular complexity index is 562. The van der Waals surface area contributed by atoms with Crippen LogP contribution in [0, 0.1) is 0 Å². The summed E-state index contributed by atoms with van der Waals surface area (Å²) in [6, 6.07) is 17.5. The van der Waals surface area contributed by atoms with Crippen LogP contribution in [0.1, 0.15) is 46.1 Å². The molecule has 1 heteroatoms. The predicted octanol–water partition coefficient (Wildman–Crippen LogP) is 5.58. The number of hydrogen-bond acceptors (Lipinski definition) is 0. The quantitative estimate of drug-likeness (QED) is 0.645. The lowest BCUT2D eigenvalue weighted by Gasteiger charge is -2.24. The predicted molar refractivity (Wildman–Crippen MR) is 93.7 cm³/mol. The van der Waals surface area contributed by atoms with Crippen LogP contribution < -0.4 is 5.30 Å². The molecule has 0 aliphatic carbocycles. The maximum Gasteiger partial charge on any atom is -0.0143 e. The number of benzene rings is 2. The summed E-state index contributed by atoms with van der Waals surface area (Å²) < 4.78 is 0. The van der Waals surface area contributed by atoms with Crippen LogP contribution >= 0.6 is 8.58 Å². The Labute approximate surface area is 125 Å². The third-order valence-electron chi connectivity index (χ3n) is 3.28. The Kier molecular flexibility index (Phi) is 4.66. The molecule has 1 unspecified atom stereocenters. The largest absolute Gasteiger partial charge is 0.0845 e. The Hall–Kier alpha value is -1.13. The third kappa shape index (κ3) is 3.70. The fourth-order valence-electron chi connectivity index (χ4n) is 2.57. The summed E-state index contributed by atoms with van der Waals surface area (Å²) in [6.45, 7) is 11.6. The van der Waals surface area contributed by atoms with Crippen molar-refractivity contribution in [3.8, 4) is 11.1 Å². The van der Waals surface area contributed by atoms with E-state index in [1.807, 2.05) is 0 Å². The molecule has 0 aliphatic rings. The Morgan fingerprint density at radius 3 is 2.05 bits per heavy atom. The minimum Gasteiger partial charge on any atom is -0.0845 e. The van der Waals surface area contributed by atoms with E-state index in [2.05, 4.69) is 83.1 Å². The second-order valence-corrected chi connectivity index (χ2v) is 8.95. The first kappa shape index (κ1) is 15.3. The first-order chi connectivity index (χ1) is 9.38. The molecule has 2 rings (SSSR count). The van der Waals surface area contributed by atoms with Gasteiger partial charge in [-0.05, 0) is 33.1 Å². The zero-order valence-electron chi connectivity index (χ0n) is 13.2. The number of rotatable bonds is 3. The van der Waals surface area contributed by atoms with E-state index in [-0.39, 0.29) is 0 Å². The fourth-order valence-corrected chi connectivity index (χ4v) is 4.12. The smallest absolute Gasteiger partial charge is 0.0143 e. The van der Waals surface area contributed by atoms with Crippen molar-refractivity contribution in [1.82, 2.24) is 0 Å². The van der Waals surface area contributed by atoms with Crippen molar-refractivity contribution < 1.29 is 0 Å². The molecule has 106 valence electrons. The molecule has 0 heterocycles. The molecule has 0 spiro atoms. The minimum absolute atomic E-state index is 0.346. The van der Waals surface area contributed by atoms with E-state index in [4.69, 9.17) is 0 Å². The SMILES string of the molecule is CC(C)c1c(PC(C)(C)C)cccc1-c1ccccc1. The van der Waals surface area contributed by atoms with Crippen molar-refractivity contribution in [2.24, 2.45) is 0 Å². The maximum absolute atomic E-state index is 2.32. The van der Waals surface area contributed by atoms with Crippen LogP contribution in [-0.4, -0.2) is 5.16 Å². The molecule has 0 radical (unpaired) electrons. The molecule has 0 N–H and O–H groups in total. The van der Waals surface area contributed by atoms with Crippen molar-refractivity contribution in [2.75, 3.05) is 0 Å². The Balaban J connectivity index is 2.56. The summed E-state index contributed by atoms with van der Waals surface area (Å²) in [6.07, 6.45) is 0. The van der Waals surface area contributed by atoms with Gasteiger partial charge in [0, 0.05) is 0 Å². The molecule has 20 heavy (non-hydrogen) atoms. The molecule has 1 atom stereocenters. The van der Waals surface area contributed by atoms with E-state index in [1.165, 1.54) is 22.0 Å². The van der Waals surface area contributed by atoms with Gasteiger partial charge in [0.25, 0.3) is 0 Å². The summed E-state index contributed by atoms with van der Waals surface area (Å²) in [5.41, 5.74) is 4.25. The normalized spacial score (nSPS) is 12.5. The van der Waals surface area contributed by atoms with Gasteiger partial charge in [-0.15, -0.1) is 0 Å². The summed E-state index contributed by atoms with van der Waals surface area (Å²) in [5, 5.41) is 1.87. The van der Waals surface area contributed by atoms with Gasteiger partial charge in [0.2, 0.25) is 0 Å². The summed E-state index contributed by atoms with van der Waals surface area (Å²) in [5.74, 6) is 0.552. The van der Waals surface area contributed by atoms with E-state index < -0.39 is 0 Å². The highest BCUT2D eigenvalue weighted by molar-refractivity contribution is 7.49. The molecule has 2 aromatic carbocycles. The van der Waals surface area contributed by atoms with Crippen LogP contribution in [0.4, 0.5) is 0 Å². The topological polar surface area (TPSA) is 0 Å². The molecule has 2 aromatic rings. The molecular weight excluding hydrogens is 259 g/mol. The first-order valence-electron chi connectivity index (χ1n) is 7.35. The Morgan fingerprint density at radius 1 is 0.850 bits per heavy atom. The monoisotopic (exact) mass is 284 g/mol. The van der Waals surface area contributed by atoms with Crippen LogP contribution in [0.2, 0.25) is 0 Å². The minimum atomic E-state index is 0.346. The molecule has 0 aromatic heterocycles. The third-order valence-corrected chi connectivity index (χ3v) is 4.73. The van der Waals surface area contributed by atoms with E-state index >= 15 is 0 Å². The standard InChI is InChI=1S/C19H25P/c1-14(2)18-16(15-10-7-6-8-11-15)12-9-13-17(18)20-19(3,4)5/h6-14,20H,1-5H3. The van der Waals surface area contributed by atoms with Gasteiger partial charge in [0.15, 0.2) is 0 Å². The lowest BCUT2D eigenvalue weighted by molar-refractivity contribution is 0.798. The highest BCUT2D eigenvalue weighted by atomic mass is 31.1. The lowest BCUT2D eigenvalue weighted by Crippen LogP contribution is -2.16. The van der Waals surface area contributed by atoms with E-state index in [1.54, 1.807) is 0 Å². The van der Waals surface area contributed by atoms with Gasteiger partial charge in [-0.1, -0.05) is 91.7 Å². The molecular formula is C19H25P. The zero-order chi connectivity index (χ0) is 14.8. The van der Waals surface area contributed by atoms with E-state index in [0.29, 0.717) is 11.1 Å². The maximum atomic E-state index is 2.32.